The molecule has 40 heavy (non-hydrogen) atoms. The zero-order valence-corrected chi connectivity index (χ0v) is 25.0. The number of sulfonamides is 2. The van der Waals surface area contributed by atoms with Crippen molar-refractivity contribution in [3.05, 3.63) is 41.6 Å². The Morgan fingerprint density at radius 2 is 1.62 bits per heavy atom. The van der Waals surface area contributed by atoms with Gasteiger partial charge in [0.15, 0.2) is 5.82 Å². The van der Waals surface area contributed by atoms with Gasteiger partial charge in [-0.15, -0.1) is 5.10 Å². The van der Waals surface area contributed by atoms with E-state index in [4.69, 9.17) is 0 Å². The number of hydrogen-bond acceptors (Lipinski definition) is 8. The van der Waals surface area contributed by atoms with Crippen LogP contribution in [0.2, 0.25) is 0 Å². The molecule has 220 valence electrons. The van der Waals surface area contributed by atoms with Gasteiger partial charge in [0.05, 0.1) is 12.5 Å². The minimum absolute atomic E-state index is 0.117. The Morgan fingerprint density at radius 1 is 0.950 bits per heavy atom. The molecule has 5 rings (SSSR count). The van der Waals surface area contributed by atoms with Crippen molar-refractivity contribution in [3.8, 4) is 0 Å². The second-order valence-corrected chi connectivity index (χ2v) is 15.3. The van der Waals surface area contributed by atoms with Crippen LogP contribution in [0.15, 0.2) is 30.5 Å². The summed E-state index contributed by atoms with van der Waals surface area (Å²) in [5, 5.41) is 4.06. The summed E-state index contributed by atoms with van der Waals surface area (Å²) in [4.78, 5) is 19.5. The number of nitrogens with one attached hydrogen (secondary N) is 1. The van der Waals surface area contributed by atoms with E-state index >= 15 is 0 Å². The first-order valence-electron chi connectivity index (χ1n) is 13.7. The largest absolute Gasteiger partial charge is 0.371 e. The average molecular weight is 594 g/mol. The number of amides is 1. The van der Waals surface area contributed by atoms with Crippen LogP contribution >= 0.6 is 0 Å². The van der Waals surface area contributed by atoms with Crippen LogP contribution in [0.4, 0.5) is 16.3 Å². The van der Waals surface area contributed by atoms with Gasteiger partial charge in [0, 0.05) is 76.9 Å². The molecule has 1 N–H and O–H groups in total. The van der Waals surface area contributed by atoms with Gasteiger partial charge in [-0.25, -0.2) is 25.9 Å². The maximum Gasteiger partial charge on any atom is 0.344 e. The summed E-state index contributed by atoms with van der Waals surface area (Å²) in [6, 6.07) is 7.81. The van der Waals surface area contributed by atoms with E-state index < -0.39 is 20.0 Å². The van der Waals surface area contributed by atoms with Gasteiger partial charge in [0.25, 0.3) is 0 Å². The Morgan fingerprint density at radius 3 is 2.27 bits per heavy atom. The van der Waals surface area contributed by atoms with Crippen LogP contribution in [0.1, 0.15) is 30.4 Å². The minimum atomic E-state index is -3.46. The molecule has 3 aliphatic rings. The summed E-state index contributed by atoms with van der Waals surface area (Å²) >= 11 is 0. The van der Waals surface area contributed by atoms with Gasteiger partial charge < -0.3 is 9.80 Å². The number of aryl methyl sites for hydroxylation is 1. The van der Waals surface area contributed by atoms with E-state index in [1.165, 1.54) is 40.0 Å². The van der Waals surface area contributed by atoms with Crippen LogP contribution in [0.3, 0.4) is 0 Å². The molecular weight excluding hydrogens is 554 g/mol. The van der Waals surface area contributed by atoms with Crippen molar-refractivity contribution in [2.24, 2.45) is 5.41 Å². The number of benzene rings is 1. The number of hydrogen-bond donors (Lipinski definition) is 1. The quantitative estimate of drug-likeness (QED) is 0.535. The standard InChI is InChI=1S/C26H39N7O5S2/c1-21-4-5-22(23(18-21)31-11-7-26(20-31)8-12-32(13-9-26)40(3,37)38)19-29-14-16-30(17-15-29)25(34)33-10-6-24(27-33)28-39(2,35)36/h4-6,10,18H,7-9,11-17,19-20H2,1-3H3,(H,27,28). The maximum absolute atomic E-state index is 12.9. The molecule has 1 amide bonds. The molecule has 0 aliphatic carbocycles. The maximum atomic E-state index is 12.9. The average Bonchev–Trinajstić information content (AvgIpc) is 3.51. The monoisotopic (exact) mass is 593 g/mol. The molecule has 1 aromatic carbocycles. The molecule has 0 atom stereocenters. The topological polar surface area (TPSA) is 128 Å². The highest BCUT2D eigenvalue weighted by Crippen LogP contribution is 2.43. The fourth-order valence-electron chi connectivity index (χ4n) is 6.10. The van der Waals surface area contributed by atoms with Gasteiger partial charge in [-0.1, -0.05) is 12.1 Å². The summed E-state index contributed by atoms with van der Waals surface area (Å²) in [5.74, 6) is 0.117. The molecule has 0 saturated carbocycles. The lowest BCUT2D eigenvalue weighted by Crippen LogP contribution is -2.49. The van der Waals surface area contributed by atoms with Crippen molar-refractivity contribution in [2.45, 2.75) is 32.7 Å². The molecule has 3 fully saturated rings. The zero-order chi connectivity index (χ0) is 28.7. The lowest BCUT2D eigenvalue weighted by atomic mass is 9.78. The fourth-order valence-corrected chi connectivity index (χ4v) is 7.44. The van der Waals surface area contributed by atoms with Crippen molar-refractivity contribution >= 4 is 37.6 Å². The molecule has 3 saturated heterocycles. The third-order valence-electron chi connectivity index (χ3n) is 8.38. The number of anilines is 2. The summed E-state index contributed by atoms with van der Waals surface area (Å²) < 4.78 is 51.9. The second-order valence-electron chi connectivity index (χ2n) is 11.5. The van der Waals surface area contributed by atoms with Crippen molar-refractivity contribution in [1.29, 1.82) is 0 Å². The van der Waals surface area contributed by atoms with Gasteiger partial charge in [0.1, 0.15) is 0 Å². The molecule has 1 aromatic heterocycles. The Balaban J connectivity index is 1.19. The Labute approximate surface area is 237 Å². The fraction of sp³-hybridized carbons (Fsp3) is 0.615. The molecule has 3 aliphatic heterocycles. The first kappa shape index (κ1) is 28.8. The zero-order valence-electron chi connectivity index (χ0n) is 23.4. The van der Waals surface area contributed by atoms with Gasteiger partial charge in [-0.2, -0.15) is 4.68 Å². The SMILES string of the molecule is Cc1ccc(CN2CCN(C(=O)n3ccc(NS(C)(=O)=O)n3)CC2)c(N2CCC3(CCN(S(C)(=O)=O)CC3)C2)c1. The number of carbonyl (C=O) groups excluding carboxylic acids is 1. The lowest BCUT2D eigenvalue weighted by Gasteiger charge is -2.38. The number of rotatable bonds is 6. The smallest absolute Gasteiger partial charge is 0.344 e. The third-order valence-corrected chi connectivity index (χ3v) is 10.3. The van der Waals surface area contributed by atoms with E-state index in [1.807, 2.05) is 0 Å². The van der Waals surface area contributed by atoms with Crippen molar-refractivity contribution in [2.75, 3.05) is 74.5 Å². The number of carbonyl (C=O) groups is 1. The van der Waals surface area contributed by atoms with E-state index in [1.54, 1.807) is 9.21 Å². The van der Waals surface area contributed by atoms with E-state index in [2.05, 4.69) is 44.7 Å². The second kappa shape index (κ2) is 11.0. The summed E-state index contributed by atoms with van der Waals surface area (Å²) in [5.41, 5.74) is 3.89. The molecule has 0 radical (unpaired) electrons. The highest BCUT2D eigenvalue weighted by atomic mass is 32.2. The molecule has 14 heteroatoms. The predicted octanol–water partition coefficient (Wildman–Crippen LogP) is 1.60. The summed E-state index contributed by atoms with van der Waals surface area (Å²) in [7, 11) is -6.60. The van der Waals surface area contributed by atoms with E-state index in [-0.39, 0.29) is 17.3 Å². The normalized spacial score (nSPS) is 20.8. The number of aromatic nitrogens is 2. The van der Waals surface area contributed by atoms with Crippen LogP contribution in [0.25, 0.3) is 0 Å². The van der Waals surface area contributed by atoms with Crippen molar-refractivity contribution in [1.82, 2.24) is 23.9 Å². The van der Waals surface area contributed by atoms with Crippen LogP contribution in [-0.2, 0) is 26.6 Å². The molecule has 2 aromatic rings. The highest BCUT2D eigenvalue weighted by Gasteiger charge is 2.42. The minimum Gasteiger partial charge on any atom is -0.371 e. The number of nitrogens with zero attached hydrogens (tertiary/aromatic N) is 6. The number of piperazine rings is 1. The van der Waals surface area contributed by atoms with Gasteiger partial charge in [-0.3, -0.25) is 9.62 Å². The molecule has 12 nitrogen and oxygen atoms in total. The molecule has 0 bridgehead atoms. The molecule has 0 unspecified atom stereocenters. The lowest BCUT2D eigenvalue weighted by molar-refractivity contribution is 0.134. The molecule has 4 heterocycles. The highest BCUT2D eigenvalue weighted by molar-refractivity contribution is 7.92. The van der Waals surface area contributed by atoms with E-state index in [0.29, 0.717) is 26.2 Å². The predicted molar refractivity (Wildman–Crippen MR) is 154 cm³/mol. The van der Waals surface area contributed by atoms with Gasteiger partial charge >= 0.3 is 6.03 Å². The van der Waals surface area contributed by atoms with Crippen molar-refractivity contribution < 1.29 is 21.6 Å². The Hall–Kier alpha value is -2.68. The van der Waals surface area contributed by atoms with Crippen LogP contribution in [0, 0.1) is 12.3 Å². The van der Waals surface area contributed by atoms with Crippen LogP contribution in [-0.4, -0.2) is 112 Å². The summed E-state index contributed by atoms with van der Waals surface area (Å²) in [6.45, 7) is 8.57. The van der Waals surface area contributed by atoms with Gasteiger partial charge in [-0.05, 0) is 48.8 Å². The van der Waals surface area contributed by atoms with E-state index in [0.717, 1.165) is 58.2 Å². The van der Waals surface area contributed by atoms with E-state index in [9.17, 15) is 21.6 Å². The van der Waals surface area contributed by atoms with Crippen molar-refractivity contribution in [3.63, 3.8) is 0 Å². The Bertz CT molecular complexity index is 1460. The molecular formula is C26H39N7O5S2. The summed E-state index contributed by atoms with van der Waals surface area (Å²) in [6.07, 6.45) is 6.68. The first-order chi connectivity index (χ1) is 18.8. The number of piperidine rings is 1. The molecule has 1 spiro atoms. The first-order valence-corrected chi connectivity index (χ1v) is 17.4. The van der Waals surface area contributed by atoms with Crippen LogP contribution in [0.5, 0.6) is 0 Å². The van der Waals surface area contributed by atoms with Crippen LogP contribution < -0.4 is 9.62 Å². The Kier molecular flexibility index (Phi) is 7.89. The third kappa shape index (κ3) is 6.61. The van der Waals surface area contributed by atoms with Gasteiger partial charge in [0.2, 0.25) is 20.0 Å².